The first-order valence-electron chi connectivity index (χ1n) is 8.79. The molecule has 0 aliphatic carbocycles. The molecule has 0 fully saturated rings. The fourth-order valence-corrected chi connectivity index (χ4v) is 2.65. The van der Waals surface area contributed by atoms with Crippen LogP contribution in [-0.2, 0) is 9.47 Å². The van der Waals surface area contributed by atoms with E-state index in [1.54, 1.807) is 0 Å². The van der Waals surface area contributed by atoms with Crippen molar-refractivity contribution in [1.82, 2.24) is 4.98 Å². The number of nitrogens with two attached hydrogens (primary N) is 1. The van der Waals surface area contributed by atoms with Crippen LogP contribution in [-0.4, -0.2) is 38.1 Å². The lowest BCUT2D eigenvalue weighted by Crippen LogP contribution is -2.16. The molecular formula is C19H21Cl2FN2O5. The van der Waals surface area contributed by atoms with Crippen LogP contribution in [0.4, 0.5) is 14.9 Å². The number of aromatic nitrogens is 1. The minimum atomic E-state index is -1.04. The highest BCUT2D eigenvalue weighted by Gasteiger charge is 2.20. The number of methoxy groups -OCH3 is 1. The summed E-state index contributed by atoms with van der Waals surface area (Å²) in [6, 6.07) is 4.18. The summed E-state index contributed by atoms with van der Waals surface area (Å²) in [6.07, 6.45) is 0.886. The molecule has 2 rings (SSSR count). The summed E-state index contributed by atoms with van der Waals surface area (Å²) in [4.78, 5) is 15.9. The molecule has 10 heteroatoms. The maximum Gasteiger partial charge on any atom is 0.515 e. The van der Waals surface area contributed by atoms with Crippen molar-refractivity contribution in [3.8, 4) is 22.9 Å². The zero-order valence-corrected chi connectivity index (χ0v) is 17.5. The summed E-state index contributed by atoms with van der Waals surface area (Å²) in [5.74, 6) is -1.21. The Bertz CT molecular complexity index is 867. The van der Waals surface area contributed by atoms with Crippen LogP contribution in [0.15, 0.2) is 18.2 Å². The number of carbonyl (C=O) groups excluding carboxylic acids is 1. The summed E-state index contributed by atoms with van der Waals surface area (Å²) < 4.78 is 34.8. The smallest absolute Gasteiger partial charge is 0.492 e. The summed E-state index contributed by atoms with van der Waals surface area (Å²) in [6.45, 7) is 2.85. The number of carbonyl (C=O) groups is 1. The van der Waals surface area contributed by atoms with Crippen LogP contribution in [0.1, 0.15) is 19.8 Å². The van der Waals surface area contributed by atoms with Gasteiger partial charge in [-0.3, -0.25) is 0 Å². The number of hydrogen-bond donors (Lipinski definition) is 1. The maximum atomic E-state index is 14.7. The second kappa shape index (κ2) is 11.0. The molecule has 1 heterocycles. The van der Waals surface area contributed by atoms with Gasteiger partial charge in [0.25, 0.3) is 0 Å². The number of benzene rings is 1. The van der Waals surface area contributed by atoms with Gasteiger partial charge in [0.2, 0.25) is 5.88 Å². The molecule has 0 aliphatic heterocycles. The van der Waals surface area contributed by atoms with Crippen molar-refractivity contribution in [3.63, 3.8) is 0 Å². The Labute approximate surface area is 177 Å². The molecular weight excluding hydrogens is 426 g/mol. The van der Waals surface area contributed by atoms with Crippen molar-refractivity contribution in [1.29, 1.82) is 0 Å². The highest BCUT2D eigenvalue weighted by atomic mass is 35.5. The second-order valence-electron chi connectivity index (χ2n) is 5.82. The molecule has 0 atom stereocenters. The Kier molecular flexibility index (Phi) is 8.75. The van der Waals surface area contributed by atoms with E-state index in [-0.39, 0.29) is 51.8 Å². The topological polar surface area (TPSA) is 92.9 Å². The van der Waals surface area contributed by atoms with Gasteiger partial charge < -0.3 is 24.7 Å². The fraction of sp³-hybridized carbons (Fsp3) is 0.368. The zero-order valence-electron chi connectivity index (χ0n) is 16.0. The van der Waals surface area contributed by atoms with Crippen LogP contribution >= 0.6 is 23.2 Å². The molecule has 0 aliphatic rings. The van der Waals surface area contributed by atoms with Crippen molar-refractivity contribution in [3.05, 3.63) is 34.1 Å². The van der Waals surface area contributed by atoms with E-state index < -0.39 is 12.0 Å². The number of halogens is 3. The SMILES string of the molecule is CCCCOCCOC(=O)Oc1nc(-c2ccc(Cl)c(OC)c2F)cc(N)c1Cl. The van der Waals surface area contributed by atoms with Crippen molar-refractivity contribution in [2.45, 2.75) is 19.8 Å². The maximum absolute atomic E-state index is 14.7. The molecule has 0 bridgehead atoms. The van der Waals surface area contributed by atoms with Crippen LogP contribution in [0, 0.1) is 5.82 Å². The normalized spacial score (nSPS) is 10.7. The molecule has 0 radical (unpaired) electrons. The quantitative estimate of drug-likeness (QED) is 0.421. The lowest BCUT2D eigenvalue weighted by molar-refractivity contribution is 0.0505. The molecule has 0 unspecified atom stereocenters. The zero-order chi connectivity index (χ0) is 21.4. The van der Waals surface area contributed by atoms with E-state index in [0.717, 1.165) is 12.8 Å². The predicted octanol–water partition coefficient (Wildman–Crippen LogP) is 5.12. The number of unbranched alkanes of at least 4 members (excludes halogenated alkanes) is 1. The first-order chi connectivity index (χ1) is 13.9. The number of rotatable bonds is 9. The second-order valence-corrected chi connectivity index (χ2v) is 6.61. The molecule has 0 amide bonds. The third kappa shape index (κ3) is 6.09. The van der Waals surface area contributed by atoms with E-state index in [0.29, 0.717) is 6.61 Å². The van der Waals surface area contributed by atoms with E-state index >= 15 is 0 Å². The van der Waals surface area contributed by atoms with E-state index in [4.69, 9.17) is 47.9 Å². The third-order valence-electron chi connectivity index (χ3n) is 3.75. The minimum absolute atomic E-state index is 0.00164. The van der Waals surface area contributed by atoms with Gasteiger partial charge in [-0.05, 0) is 24.6 Å². The number of nitrogen functional groups attached to an aromatic ring is 1. The summed E-state index contributed by atoms with van der Waals surface area (Å²) in [5, 5.41) is -0.0110. The first kappa shape index (κ1) is 23.0. The Morgan fingerprint density at radius 1 is 1.24 bits per heavy atom. The highest BCUT2D eigenvalue weighted by Crippen LogP contribution is 2.38. The summed E-state index contributed by atoms with van der Waals surface area (Å²) in [7, 11) is 1.29. The van der Waals surface area contributed by atoms with E-state index in [1.165, 1.54) is 25.3 Å². The Morgan fingerprint density at radius 2 is 2.00 bits per heavy atom. The number of nitrogens with zero attached hydrogens (tertiary/aromatic N) is 1. The molecule has 1 aromatic carbocycles. The molecule has 7 nitrogen and oxygen atoms in total. The van der Waals surface area contributed by atoms with Gasteiger partial charge in [-0.1, -0.05) is 36.5 Å². The molecule has 0 saturated carbocycles. The number of hydrogen-bond acceptors (Lipinski definition) is 7. The largest absolute Gasteiger partial charge is 0.515 e. The summed E-state index contributed by atoms with van der Waals surface area (Å²) >= 11 is 12.0. The number of anilines is 1. The van der Waals surface area contributed by atoms with Gasteiger partial charge >= 0.3 is 6.16 Å². The van der Waals surface area contributed by atoms with Gasteiger partial charge in [-0.2, -0.15) is 0 Å². The van der Waals surface area contributed by atoms with Gasteiger partial charge in [0.1, 0.15) is 11.6 Å². The lowest BCUT2D eigenvalue weighted by atomic mass is 10.1. The third-order valence-corrected chi connectivity index (χ3v) is 4.43. The van der Waals surface area contributed by atoms with Crippen molar-refractivity contribution >= 4 is 35.0 Å². The Balaban J connectivity index is 2.15. The molecule has 0 spiro atoms. The van der Waals surface area contributed by atoms with Crippen LogP contribution in [0.3, 0.4) is 0 Å². The highest BCUT2D eigenvalue weighted by molar-refractivity contribution is 6.34. The molecule has 0 saturated heterocycles. The van der Waals surface area contributed by atoms with Crippen LogP contribution in [0.2, 0.25) is 10.0 Å². The summed E-state index contributed by atoms with van der Waals surface area (Å²) in [5.41, 5.74) is 6.00. The van der Waals surface area contributed by atoms with Gasteiger partial charge in [-0.25, -0.2) is 14.2 Å². The van der Waals surface area contributed by atoms with Gasteiger partial charge in [0.05, 0.1) is 30.1 Å². The number of ether oxygens (including phenoxy) is 4. The minimum Gasteiger partial charge on any atom is -0.492 e. The molecule has 1 aromatic heterocycles. The fourth-order valence-electron chi connectivity index (χ4n) is 2.29. The van der Waals surface area contributed by atoms with E-state index in [1.807, 2.05) is 6.92 Å². The van der Waals surface area contributed by atoms with Crippen LogP contribution in [0.5, 0.6) is 11.6 Å². The van der Waals surface area contributed by atoms with Crippen LogP contribution < -0.4 is 15.2 Å². The predicted molar refractivity (Wildman–Crippen MR) is 108 cm³/mol. The van der Waals surface area contributed by atoms with Gasteiger partial charge in [-0.15, -0.1) is 0 Å². The van der Waals surface area contributed by atoms with Crippen molar-refractivity contribution in [2.75, 3.05) is 32.7 Å². The molecule has 158 valence electrons. The van der Waals surface area contributed by atoms with E-state index in [2.05, 4.69) is 4.98 Å². The first-order valence-corrected chi connectivity index (χ1v) is 9.55. The van der Waals surface area contributed by atoms with Crippen LogP contribution in [0.25, 0.3) is 11.3 Å². The molecule has 29 heavy (non-hydrogen) atoms. The van der Waals surface area contributed by atoms with Crippen molar-refractivity contribution in [2.24, 2.45) is 0 Å². The molecule has 2 N–H and O–H groups in total. The lowest BCUT2D eigenvalue weighted by Gasteiger charge is -2.12. The van der Waals surface area contributed by atoms with Gasteiger partial charge in [0, 0.05) is 12.2 Å². The number of pyridine rings is 1. The van der Waals surface area contributed by atoms with Crippen molar-refractivity contribution < 1.29 is 28.1 Å². The Morgan fingerprint density at radius 3 is 2.69 bits per heavy atom. The Hall–Kier alpha value is -2.29. The van der Waals surface area contributed by atoms with E-state index in [9.17, 15) is 9.18 Å². The standard InChI is InChI=1S/C19H21Cl2FN2O5/c1-3-4-7-27-8-9-28-19(25)29-18-15(21)13(23)10-14(24-18)11-5-6-12(20)17(26-2)16(11)22/h5-6,10H,3-4,7-9H2,1-2H3,(H2,23,24). The average molecular weight is 447 g/mol. The monoisotopic (exact) mass is 446 g/mol. The molecule has 2 aromatic rings. The average Bonchev–Trinajstić information content (AvgIpc) is 2.68. The van der Waals surface area contributed by atoms with Gasteiger partial charge in [0.15, 0.2) is 11.6 Å².